The number of aryl methyl sites for hydroxylation is 1. The number of carbonyl (C=O) groups excluding carboxylic acids is 1. The van der Waals surface area contributed by atoms with Crippen molar-refractivity contribution in [1.82, 2.24) is 5.32 Å². The lowest BCUT2D eigenvalue weighted by Crippen LogP contribution is -2.33. The molecule has 0 bridgehead atoms. The number of ether oxygens (including phenoxy) is 2. The van der Waals surface area contributed by atoms with Crippen LogP contribution in [0.1, 0.15) is 56.3 Å². The summed E-state index contributed by atoms with van der Waals surface area (Å²) in [5.41, 5.74) is 3.50. The van der Waals surface area contributed by atoms with Gasteiger partial charge >= 0.3 is 0 Å². The number of nitrogens with zero attached hydrogens (tertiary/aromatic N) is 1. The van der Waals surface area contributed by atoms with Crippen molar-refractivity contribution in [3.05, 3.63) is 53.1 Å². The zero-order valence-electron chi connectivity index (χ0n) is 20.5. The molecule has 0 radical (unpaired) electrons. The van der Waals surface area contributed by atoms with Gasteiger partial charge in [-0.05, 0) is 75.9 Å². The second-order valence-corrected chi connectivity index (χ2v) is 9.93. The number of benzene rings is 2. The Kier molecular flexibility index (Phi) is 9.58. The van der Waals surface area contributed by atoms with Gasteiger partial charge in [0.1, 0.15) is 0 Å². The van der Waals surface area contributed by atoms with Crippen molar-refractivity contribution >= 4 is 21.6 Å². The van der Waals surface area contributed by atoms with Gasteiger partial charge in [-0.1, -0.05) is 18.2 Å². The van der Waals surface area contributed by atoms with Crippen LogP contribution >= 0.6 is 0 Å². The number of amides is 1. The molecular formula is C25H36N2O5S. The van der Waals surface area contributed by atoms with E-state index in [1.807, 2.05) is 65.0 Å². The Bertz CT molecular complexity index is 1050. The van der Waals surface area contributed by atoms with Gasteiger partial charge in [0.25, 0.3) is 0 Å². The summed E-state index contributed by atoms with van der Waals surface area (Å²) in [7, 11) is -3.46. The highest BCUT2D eigenvalue weighted by molar-refractivity contribution is 7.92. The molecule has 2 rings (SSSR count). The van der Waals surface area contributed by atoms with Crippen molar-refractivity contribution in [2.75, 3.05) is 30.3 Å². The Morgan fingerprint density at radius 2 is 1.73 bits per heavy atom. The van der Waals surface area contributed by atoms with E-state index in [0.717, 1.165) is 16.7 Å². The summed E-state index contributed by atoms with van der Waals surface area (Å²) in [5.74, 6) is 1.19. The minimum absolute atomic E-state index is 0.135. The molecule has 0 aliphatic carbocycles. The summed E-state index contributed by atoms with van der Waals surface area (Å²) in [5, 5.41) is 2.99. The van der Waals surface area contributed by atoms with E-state index in [9.17, 15) is 13.2 Å². The molecule has 0 aromatic heterocycles. The largest absolute Gasteiger partial charge is 0.490 e. The average molecular weight is 477 g/mol. The van der Waals surface area contributed by atoms with Crippen LogP contribution in [0.4, 0.5) is 5.69 Å². The molecule has 8 heteroatoms. The molecule has 0 spiro atoms. The van der Waals surface area contributed by atoms with Crippen molar-refractivity contribution in [2.24, 2.45) is 0 Å². The van der Waals surface area contributed by atoms with E-state index < -0.39 is 10.0 Å². The van der Waals surface area contributed by atoms with E-state index in [1.165, 1.54) is 10.6 Å². The molecule has 1 amide bonds. The van der Waals surface area contributed by atoms with Crippen LogP contribution in [0.25, 0.3) is 0 Å². The predicted octanol–water partition coefficient (Wildman–Crippen LogP) is 4.52. The number of carbonyl (C=O) groups is 1. The van der Waals surface area contributed by atoms with E-state index in [2.05, 4.69) is 5.32 Å². The van der Waals surface area contributed by atoms with Gasteiger partial charge in [0.05, 0.1) is 31.2 Å². The normalized spacial score (nSPS) is 12.2. The van der Waals surface area contributed by atoms with Crippen molar-refractivity contribution in [3.63, 3.8) is 0 Å². The number of anilines is 1. The fraction of sp³-hybridized carbons (Fsp3) is 0.480. The molecule has 0 unspecified atom stereocenters. The lowest BCUT2D eigenvalue weighted by molar-refractivity contribution is -0.121. The Labute approximate surface area is 198 Å². The Morgan fingerprint density at radius 1 is 1.06 bits per heavy atom. The van der Waals surface area contributed by atoms with Crippen LogP contribution in [-0.2, 0) is 14.8 Å². The van der Waals surface area contributed by atoms with E-state index in [4.69, 9.17) is 9.47 Å². The van der Waals surface area contributed by atoms with Crippen LogP contribution in [0.15, 0.2) is 36.4 Å². The maximum absolute atomic E-state index is 12.6. The summed E-state index contributed by atoms with van der Waals surface area (Å²) < 4.78 is 37.4. The van der Waals surface area contributed by atoms with E-state index in [-0.39, 0.29) is 24.9 Å². The summed E-state index contributed by atoms with van der Waals surface area (Å²) in [4.78, 5) is 12.6. The van der Waals surface area contributed by atoms with Gasteiger partial charge in [0.2, 0.25) is 15.9 Å². The fourth-order valence-corrected chi connectivity index (χ4v) is 4.60. The van der Waals surface area contributed by atoms with Gasteiger partial charge in [-0.15, -0.1) is 0 Å². The lowest BCUT2D eigenvalue weighted by atomic mass is 10.1. The second kappa shape index (κ2) is 11.9. The van der Waals surface area contributed by atoms with E-state index in [0.29, 0.717) is 36.8 Å². The average Bonchev–Trinajstić information content (AvgIpc) is 2.74. The predicted molar refractivity (Wildman–Crippen MR) is 133 cm³/mol. The highest BCUT2D eigenvalue weighted by Gasteiger charge is 2.20. The van der Waals surface area contributed by atoms with Gasteiger partial charge < -0.3 is 14.8 Å². The summed E-state index contributed by atoms with van der Waals surface area (Å²) >= 11 is 0. The topological polar surface area (TPSA) is 84.9 Å². The highest BCUT2D eigenvalue weighted by atomic mass is 32.2. The van der Waals surface area contributed by atoms with Crippen molar-refractivity contribution < 1.29 is 22.7 Å². The molecule has 2 aromatic carbocycles. The SMILES string of the molecule is CCOc1ccc([C@@H](C)NC(=O)CCCN(c2cccc(C)c2C)S(C)(=O)=O)cc1OCC. The van der Waals surface area contributed by atoms with Gasteiger partial charge in [0, 0.05) is 13.0 Å². The van der Waals surface area contributed by atoms with E-state index >= 15 is 0 Å². The van der Waals surface area contributed by atoms with Crippen molar-refractivity contribution in [1.29, 1.82) is 0 Å². The lowest BCUT2D eigenvalue weighted by Gasteiger charge is -2.25. The molecule has 33 heavy (non-hydrogen) atoms. The maximum atomic E-state index is 12.6. The van der Waals surface area contributed by atoms with Crippen LogP contribution in [-0.4, -0.2) is 40.3 Å². The van der Waals surface area contributed by atoms with Crippen LogP contribution < -0.4 is 19.1 Å². The maximum Gasteiger partial charge on any atom is 0.232 e. The first-order valence-electron chi connectivity index (χ1n) is 11.3. The standard InChI is InChI=1S/C25H36N2O5S/c1-7-31-23-15-14-21(17-24(23)32-8-2)20(5)26-25(28)13-10-16-27(33(6,29)30)22-12-9-11-18(3)19(22)4/h9,11-12,14-15,17,20H,7-8,10,13,16H2,1-6H3,(H,26,28)/t20-/m1/s1. The number of nitrogens with one attached hydrogen (secondary N) is 1. The minimum atomic E-state index is -3.46. The smallest absolute Gasteiger partial charge is 0.232 e. The molecule has 0 saturated heterocycles. The van der Waals surface area contributed by atoms with E-state index in [1.54, 1.807) is 6.07 Å². The summed E-state index contributed by atoms with van der Waals surface area (Å²) in [6.07, 6.45) is 1.82. The first kappa shape index (κ1) is 26.5. The number of hydrogen-bond donors (Lipinski definition) is 1. The molecular weight excluding hydrogens is 440 g/mol. The number of sulfonamides is 1. The molecule has 0 fully saturated rings. The zero-order valence-corrected chi connectivity index (χ0v) is 21.3. The molecule has 7 nitrogen and oxygen atoms in total. The first-order chi connectivity index (χ1) is 15.6. The Hall–Kier alpha value is -2.74. The molecule has 2 aromatic rings. The second-order valence-electron chi connectivity index (χ2n) is 8.02. The molecule has 182 valence electrons. The quantitative estimate of drug-likeness (QED) is 0.487. The van der Waals surface area contributed by atoms with Crippen molar-refractivity contribution in [3.8, 4) is 11.5 Å². The van der Waals surface area contributed by atoms with Gasteiger partial charge in [-0.3, -0.25) is 9.10 Å². The molecule has 0 aliphatic heterocycles. The third-order valence-electron chi connectivity index (χ3n) is 5.46. The van der Waals surface area contributed by atoms with Gasteiger partial charge in [-0.2, -0.15) is 0 Å². The Morgan fingerprint density at radius 3 is 2.36 bits per heavy atom. The molecule has 1 atom stereocenters. The van der Waals surface area contributed by atoms with Crippen molar-refractivity contribution in [2.45, 2.75) is 53.5 Å². The van der Waals surface area contributed by atoms with Crippen LogP contribution in [0, 0.1) is 13.8 Å². The Balaban J connectivity index is 2.01. The molecule has 0 heterocycles. The third-order valence-corrected chi connectivity index (χ3v) is 6.63. The monoisotopic (exact) mass is 476 g/mol. The zero-order chi connectivity index (χ0) is 24.6. The number of rotatable bonds is 12. The van der Waals surface area contributed by atoms with Crippen LogP contribution in [0.3, 0.4) is 0 Å². The number of hydrogen-bond acceptors (Lipinski definition) is 5. The van der Waals surface area contributed by atoms with Crippen LogP contribution in [0.5, 0.6) is 11.5 Å². The first-order valence-corrected chi connectivity index (χ1v) is 13.2. The van der Waals surface area contributed by atoms with Crippen LogP contribution in [0.2, 0.25) is 0 Å². The molecule has 1 N–H and O–H groups in total. The summed E-state index contributed by atoms with van der Waals surface area (Å²) in [6.45, 7) is 10.9. The van der Waals surface area contributed by atoms with Gasteiger partial charge in [-0.25, -0.2) is 8.42 Å². The summed E-state index contributed by atoms with van der Waals surface area (Å²) in [6, 6.07) is 11.0. The third kappa shape index (κ3) is 7.39. The molecule has 0 saturated carbocycles. The van der Waals surface area contributed by atoms with Gasteiger partial charge in [0.15, 0.2) is 11.5 Å². The highest BCUT2D eigenvalue weighted by Crippen LogP contribution is 2.31. The molecule has 0 aliphatic rings. The fourth-order valence-electron chi connectivity index (χ4n) is 3.59. The minimum Gasteiger partial charge on any atom is -0.490 e.